The molecule has 34 heavy (non-hydrogen) atoms. The quantitative estimate of drug-likeness (QED) is 0.368. The third-order valence-electron chi connectivity index (χ3n) is 5.30. The lowest BCUT2D eigenvalue weighted by molar-refractivity contribution is -0.136. The minimum atomic E-state index is -4.66. The van der Waals surface area contributed by atoms with Gasteiger partial charge in [0.1, 0.15) is 0 Å². The molecule has 0 radical (unpaired) electrons. The van der Waals surface area contributed by atoms with Gasteiger partial charge in [-0.1, -0.05) is 18.2 Å². The van der Waals surface area contributed by atoms with Gasteiger partial charge < -0.3 is 9.55 Å². The summed E-state index contributed by atoms with van der Waals surface area (Å²) < 4.78 is 69.5. The molecule has 0 saturated heterocycles. The zero-order valence-corrected chi connectivity index (χ0v) is 18.7. The first-order chi connectivity index (χ1) is 16.1. The van der Waals surface area contributed by atoms with E-state index in [0.717, 1.165) is 5.56 Å². The molecular weight excluding hydrogens is 469 g/mol. The SMILES string of the molecule is O=c1cc(C(F)(F)F)c2cc(Cc3ccc(S(=O)(=O)NCCCn4ccnc4)cc3)ccc2[nH]1. The topological polar surface area (TPSA) is 96.8 Å². The van der Waals surface area contributed by atoms with Gasteiger partial charge in [0, 0.05) is 42.5 Å². The minimum absolute atomic E-state index is 0.0938. The number of hydrogen-bond donors (Lipinski definition) is 2. The fraction of sp³-hybridized carbons (Fsp3) is 0.217. The van der Waals surface area contributed by atoms with Crippen LogP contribution in [0.15, 0.2) is 76.9 Å². The van der Waals surface area contributed by atoms with E-state index in [2.05, 4.69) is 14.7 Å². The second-order valence-electron chi connectivity index (χ2n) is 7.80. The van der Waals surface area contributed by atoms with E-state index in [-0.39, 0.29) is 22.3 Å². The molecule has 0 atom stereocenters. The lowest BCUT2D eigenvalue weighted by atomic mass is 10.0. The second kappa shape index (κ2) is 9.43. The van der Waals surface area contributed by atoms with Crippen molar-refractivity contribution in [2.75, 3.05) is 6.54 Å². The van der Waals surface area contributed by atoms with Crippen LogP contribution in [-0.2, 0) is 29.2 Å². The predicted octanol–water partition coefficient (Wildman–Crippen LogP) is 3.70. The highest BCUT2D eigenvalue weighted by Crippen LogP contribution is 2.33. The van der Waals surface area contributed by atoms with Crippen molar-refractivity contribution in [3.8, 4) is 0 Å². The summed E-state index contributed by atoms with van der Waals surface area (Å²) in [6.07, 6.45) is 1.34. The van der Waals surface area contributed by atoms with Crippen molar-refractivity contribution in [1.29, 1.82) is 0 Å². The fourth-order valence-corrected chi connectivity index (χ4v) is 4.71. The summed E-state index contributed by atoms with van der Waals surface area (Å²) in [4.78, 5) is 18.0. The van der Waals surface area contributed by atoms with Gasteiger partial charge in [-0.15, -0.1) is 0 Å². The number of H-pyrrole nitrogens is 1. The number of aryl methyl sites for hydroxylation is 1. The molecule has 0 bridgehead atoms. The monoisotopic (exact) mass is 490 g/mol. The molecule has 2 aromatic heterocycles. The Kier molecular flexibility index (Phi) is 6.58. The van der Waals surface area contributed by atoms with Crippen molar-refractivity contribution in [2.24, 2.45) is 0 Å². The van der Waals surface area contributed by atoms with Crippen LogP contribution in [0.3, 0.4) is 0 Å². The molecule has 0 unspecified atom stereocenters. The first kappa shape index (κ1) is 23.7. The van der Waals surface area contributed by atoms with Crippen molar-refractivity contribution in [1.82, 2.24) is 19.3 Å². The van der Waals surface area contributed by atoms with Gasteiger partial charge in [-0.2, -0.15) is 13.2 Å². The fourth-order valence-electron chi connectivity index (χ4n) is 3.64. The Hall–Kier alpha value is -3.44. The summed E-state index contributed by atoms with van der Waals surface area (Å²) in [5.74, 6) is 0. The highest BCUT2D eigenvalue weighted by Gasteiger charge is 2.33. The predicted molar refractivity (Wildman–Crippen MR) is 121 cm³/mol. The number of halogens is 3. The molecule has 178 valence electrons. The first-order valence-electron chi connectivity index (χ1n) is 10.4. The van der Waals surface area contributed by atoms with Crippen molar-refractivity contribution >= 4 is 20.9 Å². The summed E-state index contributed by atoms with van der Waals surface area (Å²) in [6, 6.07) is 11.2. The zero-order chi connectivity index (χ0) is 24.3. The summed E-state index contributed by atoms with van der Waals surface area (Å²) in [6.45, 7) is 0.903. The largest absolute Gasteiger partial charge is 0.417 e. The van der Waals surface area contributed by atoms with Gasteiger partial charge in [0.2, 0.25) is 15.6 Å². The number of rotatable bonds is 8. The summed E-state index contributed by atoms with van der Waals surface area (Å²) in [7, 11) is -3.68. The Balaban J connectivity index is 1.45. The lowest BCUT2D eigenvalue weighted by Gasteiger charge is -2.12. The van der Waals surface area contributed by atoms with Gasteiger partial charge in [-0.25, -0.2) is 18.1 Å². The maximum Gasteiger partial charge on any atom is 0.417 e. The molecule has 0 fully saturated rings. The van der Waals surface area contributed by atoms with E-state index in [1.54, 1.807) is 36.9 Å². The second-order valence-corrected chi connectivity index (χ2v) is 9.56. The molecule has 7 nitrogen and oxygen atoms in total. The van der Waals surface area contributed by atoms with Gasteiger partial charge in [-0.3, -0.25) is 4.79 Å². The van der Waals surface area contributed by atoms with E-state index in [1.807, 2.05) is 4.57 Å². The van der Waals surface area contributed by atoms with Gasteiger partial charge in [0.05, 0.1) is 16.8 Å². The molecule has 2 heterocycles. The third-order valence-corrected chi connectivity index (χ3v) is 6.78. The number of pyridine rings is 1. The van der Waals surface area contributed by atoms with Gasteiger partial charge in [-0.05, 0) is 48.2 Å². The molecule has 4 aromatic rings. The Labute approximate surface area is 193 Å². The normalized spacial score (nSPS) is 12.3. The molecule has 0 spiro atoms. The van der Waals surface area contributed by atoms with Crippen LogP contribution in [0.1, 0.15) is 23.1 Å². The van der Waals surface area contributed by atoms with Gasteiger partial charge in [0.25, 0.3) is 0 Å². The molecule has 0 aliphatic heterocycles. The average molecular weight is 491 g/mol. The van der Waals surface area contributed by atoms with Crippen LogP contribution in [0, 0.1) is 0 Å². The van der Waals surface area contributed by atoms with Crippen molar-refractivity contribution < 1.29 is 21.6 Å². The maximum absolute atomic E-state index is 13.4. The average Bonchev–Trinajstić information content (AvgIpc) is 3.30. The molecule has 11 heteroatoms. The number of sulfonamides is 1. The van der Waals surface area contributed by atoms with Crippen molar-refractivity contribution in [2.45, 2.75) is 30.5 Å². The van der Waals surface area contributed by atoms with Crippen molar-refractivity contribution in [3.63, 3.8) is 0 Å². The number of hydrogen-bond acceptors (Lipinski definition) is 4. The number of alkyl halides is 3. The van der Waals surface area contributed by atoms with E-state index >= 15 is 0 Å². The lowest BCUT2D eigenvalue weighted by Crippen LogP contribution is -2.25. The number of nitrogens with zero attached hydrogens (tertiary/aromatic N) is 2. The van der Waals surface area contributed by atoms with Crippen LogP contribution in [0.4, 0.5) is 13.2 Å². The number of nitrogens with one attached hydrogen (secondary N) is 2. The molecule has 0 aliphatic rings. The molecule has 2 N–H and O–H groups in total. The molecule has 4 rings (SSSR count). The Morgan fingerprint density at radius 3 is 2.44 bits per heavy atom. The Bertz CT molecular complexity index is 1450. The number of benzene rings is 2. The van der Waals surface area contributed by atoms with Gasteiger partial charge >= 0.3 is 6.18 Å². The van der Waals surface area contributed by atoms with Crippen LogP contribution in [0.5, 0.6) is 0 Å². The van der Waals surface area contributed by atoms with Gasteiger partial charge in [0.15, 0.2) is 0 Å². The summed E-state index contributed by atoms with van der Waals surface area (Å²) in [5.41, 5.74) is -0.382. The standard InChI is InChI=1S/C23H21F3N4O3S/c24-23(25,26)20-14-22(31)29-21-7-4-17(13-19(20)21)12-16-2-5-18(6-3-16)34(32,33)28-8-1-10-30-11-9-27-15-30/h2-7,9,11,13-15,28H,1,8,10,12H2,(H,29,31). The molecule has 2 aromatic carbocycles. The van der Waals surface area contributed by atoms with Crippen LogP contribution in [0.25, 0.3) is 10.9 Å². The number of fused-ring (bicyclic) bond motifs is 1. The molecule has 0 aliphatic carbocycles. The summed E-state index contributed by atoms with van der Waals surface area (Å²) >= 11 is 0. The van der Waals surface area contributed by atoms with Crippen LogP contribution >= 0.6 is 0 Å². The highest BCUT2D eigenvalue weighted by atomic mass is 32.2. The minimum Gasteiger partial charge on any atom is -0.337 e. The van der Waals surface area contributed by atoms with Crippen LogP contribution in [0.2, 0.25) is 0 Å². The summed E-state index contributed by atoms with van der Waals surface area (Å²) in [5, 5.41) is -0.0938. The highest BCUT2D eigenvalue weighted by molar-refractivity contribution is 7.89. The Morgan fingerprint density at radius 1 is 1.03 bits per heavy atom. The van der Waals surface area contributed by atoms with E-state index in [9.17, 15) is 26.4 Å². The van der Waals surface area contributed by atoms with E-state index in [1.165, 1.54) is 24.3 Å². The van der Waals surface area contributed by atoms with E-state index < -0.39 is 27.3 Å². The number of aromatic amines is 1. The molecular formula is C23H21F3N4O3S. The first-order valence-corrected chi connectivity index (χ1v) is 11.9. The van der Waals surface area contributed by atoms with E-state index in [0.29, 0.717) is 31.0 Å². The number of imidazole rings is 1. The molecule has 0 saturated carbocycles. The number of aromatic nitrogens is 3. The maximum atomic E-state index is 13.4. The zero-order valence-electron chi connectivity index (χ0n) is 17.8. The third kappa shape index (κ3) is 5.54. The van der Waals surface area contributed by atoms with Crippen LogP contribution in [-0.4, -0.2) is 29.5 Å². The van der Waals surface area contributed by atoms with Crippen molar-refractivity contribution in [3.05, 3.63) is 94.3 Å². The molecule has 0 amide bonds. The smallest absolute Gasteiger partial charge is 0.337 e. The van der Waals surface area contributed by atoms with E-state index in [4.69, 9.17) is 0 Å². The Morgan fingerprint density at radius 2 is 1.76 bits per heavy atom. The van der Waals surface area contributed by atoms with Crippen LogP contribution < -0.4 is 10.3 Å².